The predicted octanol–water partition coefficient (Wildman–Crippen LogP) is 3.00. The standard InChI is InChI=1S/C26H26N6O3S/c1-35-20-6-2-4-18(10-20)22(33)14-31-16-29-23-21(11-27)25(30-8-3-5-19(28)13-30)32(24(23)26(31)34)12-17-7-9-36-15-17/h2,4,6-7,9-10,15-16,19H,3,5,8,12-14,28H2,1H3/t19-/m1/s1. The SMILES string of the molecule is COc1cccc(C(=O)Cn2cnc3c(C#N)c(N4CCC[C@@H](N)C4)n(Cc4ccsc4)c3c2=O)c1. The molecule has 4 aromatic rings. The van der Waals surface area contributed by atoms with Crippen LogP contribution in [0.15, 0.2) is 52.2 Å². The molecule has 1 saturated heterocycles. The number of nitrogens with zero attached hydrogens (tertiary/aromatic N) is 5. The fraction of sp³-hybridized carbons (Fsp3) is 0.308. The van der Waals surface area contributed by atoms with E-state index in [1.165, 1.54) is 18.0 Å². The van der Waals surface area contributed by atoms with Crippen molar-refractivity contribution in [3.63, 3.8) is 0 Å². The number of anilines is 1. The van der Waals surface area contributed by atoms with Gasteiger partial charge in [-0.1, -0.05) is 12.1 Å². The summed E-state index contributed by atoms with van der Waals surface area (Å²) in [5.74, 6) is 0.987. The summed E-state index contributed by atoms with van der Waals surface area (Å²) in [5.41, 5.74) is 8.37. The number of ether oxygens (including phenoxy) is 1. The van der Waals surface area contributed by atoms with Gasteiger partial charge in [-0.05, 0) is 47.4 Å². The van der Waals surface area contributed by atoms with Crippen molar-refractivity contribution in [2.75, 3.05) is 25.1 Å². The first-order valence-electron chi connectivity index (χ1n) is 11.7. The zero-order valence-electron chi connectivity index (χ0n) is 19.9. The van der Waals surface area contributed by atoms with Gasteiger partial charge < -0.3 is 19.9 Å². The molecule has 184 valence electrons. The molecule has 10 heteroatoms. The molecule has 2 N–H and O–H groups in total. The number of rotatable bonds is 7. The second-order valence-electron chi connectivity index (χ2n) is 8.91. The highest BCUT2D eigenvalue weighted by molar-refractivity contribution is 7.07. The van der Waals surface area contributed by atoms with Gasteiger partial charge >= 0.3 is 0 Å². The molecular formula is C26H26N6O3S. The van der Waals surface area contributed by atoms with Gasteiger partial charge in [0.05, 0.1) is 26.5 Å². The Balaban J connectivity index is 1.63. The van der Waals surface area contributed by atoms with Crippen LogP contribution in [0.5, 0.6) is 5.75 Å². The number of ketones is 1. The van der Waals surface area contributed by atoms with Crippen LogP contribution in [-0.4, -0.2) is 46.1 Å². The third kappa shape index (κ3) is 4.39. The normalized spacial score (nSPS) is 15.7. The van der Waals surface area contributed by atoms with Crippen molar-refractivity contribution in [2.45, 2.75) is 32.0 Å². The Morgan fingerprint density at radius 3 is 2.94 bits per heavy atom. The first kappa shape index (κ1) is 23.8. The average Bonchev–Trinajstić information content (AvgIpc) is 3.52. The van der Waals surface area contributed by atoms with Gasteiger partial charge in [0.15, 0.2) is 5.78 Å². The second-order valence-corrected chi connectivity index (χ2v) is 9.69. The number of aromatic nitrogens is 3. The van der Waals surface area contributed by atoms with E-state index in [-0.39, 0.29) is 23.9 Å². The predicted molar refractivity (Wildman–Crippen MR) is 139 cm³/mol. The fourth-order valence-electron chi connectivity index (χ4n) is 4.76. The smallest absolute Gasteiger partial charge is 0.278 e. The lowest BCUT2D eigenvalue weighted by Crippen LogP contribution is -2.44. The minimum absolute atomic E-state index is 0.0111. The van der Waals surface area contributed by atoms with E-state index >= 15 is 0 Å². The number of nitrogens with two attached hydrogens (primary N) is 1. The molecule has 4 heterocycles. The zero-order valence-corrected chi connectivity index (χ0v) is 20.7. The summed E-state index contributed by atoms with van der Waals surface area (Å²) in [6.07, 6.45) is 3.17. The Morgan fingerprint density at radius 2 is 2.22 bits per heavy atom. The highest BCUT2D eigenvalue weighted by Gasteiger charge is 2.29. The third-order valence-electron chi connectivity index (χ3n) is 6.50. The van der Waals surface area contributed by atoms with Crippen LogP contribution < -0.4 is 20.9 Å². The van der Waals surface area contributed by atoms with Crippen LogP contribution in [0.25, 0.3) is 11.0 Å². The van der Waals surface area contributed by atoms with Gasteiger partial charge in [-0.15, -0.1) is 0 Å². The molecule has 1 fully saturated rings. The van der Waals surface area contributed by atoms with Crippen molar-refractivity contribution in [1.29, 1.82) is 5.26 Å². The van der Waals surface area contributed by atoms with Crippen LogP contribution in [0.3, 0.4) is 0 Å². The summed E-state index contributed by atoms with van der Waals surface area (Å²) >= 11 is 1.57. The van der Waals surface area contributed by atoms with E-state index < -0.39 is 0 Å². The molecule has 0 radical (unpaired) electrons. The zero-order chi connectivity index (χ0) is 25.2. The van der Waals surface area contributed by atoms with Crippen molar-refractivity contribution in [3.8, 4) is 11.8 Å². The Morgan fingerprint density at radius 1 is 1.36 bits per heavy atom. The number of carbonyl (C=O) groups is 1. The first-order chi connectivity index (χ1) is 17.5. The number of benzene rings is 1. The molecule has 5 rings (SSSR count). The third-order valence-corrected chi connectivity index (χ3v) is 7.23. The van der Waals surface area contributed by atoms with Crippen molar-refractivity contribution in [1.82, 2.24) is 14.1 Å². The molecule has 1 aliphatic heterocycles. The summed E-state index contributed by atoms with van der Waals surface area (Å²) < 4.78 is 8.39. The molecular weight excluding hydrogens is 476 g/mol. The van der Waals surface area contributed by atoms with Crippen molar-refractivity contribution < 1.29 is 9.53 Å². The minimum Gasteiger partial charge on any atom is -0.497 e. The molecule has 1 atom stereocenters. The van der Waals surface area contributed by atoms with E-state index in [1.807, 2.05) is 21.4 Å². The van der Waals surface area contributed by atoms with E-state index in [2.05, 4.69) is 16.0 Å². The Labute approximate surface area is 212 Å². The molecule has 0 spiro atoms. The van der Waals surface area contributed by atoms with Crippen LogP contribution in [0.2, 0.25) is 0 Å². The summed E-state index contributed by atoms with van der Waals surface area (Å²) in [7, 11) is 1.53. The summed E-state index contributed by atoms with van der Waals surface area (Å²) in [5, 5.41) is 14.1. The molecule has 0 aliphatic carbocycles. The molecule has 0 unspecified atom stereocenters. The number of fused-ring (bicyclic) bond motifs is 1. The molecule has 0 saturated carbocycles. The first-order valence-corrected chi connectivity index (χ1v) is 12.6. The molecule has 9 nitrogen and oxygen atoms in total. The number of hydrogen-bond acceptors (Lipinski definition) is 8. The van der Waals surface area contributed by atoms with Gasteiger partial charge in [-0.3, -0.25) is 14.2 Å². The number of methoxy groups -OCH3 is 1. The lowest BCUT2D eigenvalue weighted by molar-refractivity contribution is 0.0970. The number of Topliss-reactive ketones (excluding diaryl/α,β-unsaturated/α-hetero) is 1. The second kappa shape index (κ2) is 9.97. The van der Waals surface area contributed by atoms with Gasteiger partial charge in [-0.2, -0.15) is 16.6 Å². The monoisotopic (exact) mass is 502 g/mol. The quantitative estimate of drug-likeness (QED) is 0.386. The van der Waals surface area contributed by atoms with Gasteiger partial charge in [-0.25, -0.2) is 4.98 Å². The highest BCUT2D eigenvalue weighted by atomic mass is 32.1. The maximum atomic E-state index is 13.8. The van der Waals surface area contributed by atoms with E-state index in [1.54, 1.807) is 35.6 Å². The molecule has 1 aliphatic rings. The maximum absolute atomic E-state index is 13.8. The molecule has 0 amide bonds. The Bertz CT molecular complexity index is 1520. The van der Waals surface area contributed by atoms with E-state index in [0.29, 0.717) is 46.8 Å². The van der Waals surface area contributed by atoms with Gasteiger partial charge in [0.2, 0.25) is 0 Å². The molecule has 0 bridgehead atoms. The number of carbonyl (C=O) groups excluding carboxylic acids is 1. The van der Waals surface area contributed by atoms with Crippen molar-refractivity contribution in [3.05, 3.63) is 74.5 Å². The summed E-state index contributed by atoms with van der Waals surface area (Å²) in [6.45, 7) is 1.57. The Kier molecular flexibility index (Phi) is 6.59. The van der Waals surface area contributed by atoms with Crippen LogP contribution in [0.4, 0.5) is 5.82 Å². The lowest BCUT2D eigenvalue weighted by Gasteiger charge is -2.33. The molecule has 1 aromatic carbocycles. The molecule has 3 aromatic heterocycles. The van der Waals surface area contributed by atoms with Crippen LogP contribution in [0, 0.1) is 11.3 Å². The van der Waals surface area contributed by atoms with Gasteiger partial charge in [0, 0.05) is 24.7 Å². The summed E-state index contributed by atoms with van der Waals surface area (Å²) in [6, 6.07) is 11.1. The number of piperidine rings is 1. The van der Waals surface area contributed by atoms with E-state index in [0.717, 1.165) is 24.9 Å². The Hall–Kier alpha value is -3.94. The van der Waals surface area contributed by atoms with Crippen LogP contribution >= 0.6 is 11.3 Å². The van der Waals surface area contributed by atoms with E-state index in [9.17, 15) is 14.9 Å². The lowest BCUT2D eigenvalue weighted by atomic mass is 10.1. The largest absolute Gasteiger partial charge is 0.497 e. The summed E-state index contributed by atoms with van der Waals surface area (Å²) in [4.78, 5) is 33.4. The topological polar surface area (TPSA) is 119 Å². The average molecular weight is 503 g/mol. The van der Waals surface area contributed by atoms with Gasteiger partial charge in [0.1, 0.15) is 34.2 Å². The van der Waals surface area contributed by atoms with Crippen LogP contribution in [0.1, 0.15) is 34.3 Å². The number of hydrogen-bond donors (Lipinski definition) is 1. The maximum Gasteiger partial charge on any atom is 0.278 e. The fourth-order valence-corrected chi connectivity index (χ4v) is 5.42. The van der Waals surface area contributed by atoms with Crippen LogP contribution in [-0.2, 0) is 13.1 Å². The number of nitriles is 1. The minimum atomic E-state index is -0.365. The van der Waals surface area contributed by atoms with Crippen molar-refractivity contribution >= 4 is 34.0 Å². The highest BCUT2D eigenvalue weighted by Crippen LogP contribution is 2.32. The van der Waals surface area contributed by atoms with Gasteiger partial charge in [0.25, 0.3) is 5.56 Å². The number of thiophene rings is 1. The van der Waals surface area contributed by atoms with Crippen molar-refractivity contribution in [2.24, 2.45) is 5.73 Å². The van der Waals surface area contributed by atoms with E-state index in [4.69, 9.17) is 10.5 Å². The molecule has 36 heavy (non-hydrogen) atoms.